The van der Waals surface area contributed by atoms with E-state index in [2.05, 4.69) is 15.9 Å². The summed E-state index contributed by atoms with van der Waals surface area (Å²) in [5.74, 6) is -0.114. The molecule has 2 aromatic carbocycles. The van der Waals surface area contributed by atoms with Crippen molar-refractivity contribution in [2.45, 2.75) is 6.61 Å². The number of benzene rings is 2. The molecule has 37 heavy (non-hydrogen) atoms. The number of rotatable bonds is 8. The Hall–Kier alpha value is -3.42. The van der Waals surface area contributed by atoms with Gasteiger partial charge in [-0.15, -0.1) is 0 Å². The normalized spacial score (nSPS) is 16.9. The van der Waals surface area contributed by atoms with Crippen LogP contribution in [0.5, 0.6) is 11.5 Å². The Morgan fingerprint density at radius 2 is 1.97 bits per heavy atom. The number of imide groups is 1. The monoisotopic (exact) mass is 591 g/mol. The van der Waals surface area contributed by atoms with Crippen molar-refractivity contribution in [1.82, 2.24) is 9.80 Å². The largest absolute Gasteiger partial charge is 0.493 e. The Balaban J connectivity index is 1.48. The third kappa shape index (κ3) is 6.29. The van der Waals surface area contributed by atoms with E-state index < -0.39 is 16.1 Å². The molecule has 2 heterocycles. The number of morpholine rings is 1. The fraction of sp³-hybridized carbons (Fsp3) is 0.292. The number of hydrogen-bond acceptors (Lipinski definition) is 9. The zero-order chi connectivity index (χ0) is 26.5. The molecule has 2 aromatic rings. The molecule has 0 bridgehead atoms. The van der Waals surface area contributed by atoms with Crippen molar-refractivity contribution in [2.24, 2.45) is 0 Å². The van der Waals surface area contributed by atoms with E-state index in [-0.39, 0.29) is 29.7 Å². The molecule has 0 aliphatic carbocycles. The summed E-state index contributed by atoms with van der Waals surface area (Å²) in [6.45, 7) is 1.44. The molecular weight excluding hydrogens is 570 g/mol. The van der Waals surface area contributed by atoms with Crippen LogP contribution >= 0.6 is 27.7 Å². The molecule has 194 valence electrons. The SMILES string of the molecule is COc1cc(/C=C2/SC(=O)N(CC(=O)N3CCOCC3)C2=O)c(Br)cc1OCc1cccc([N+](=O)[O-])c1. The molecule has 2 aliphatic heterocycles. The number of methoxy groups -OCH3 is 1. The predicted molar refractivity (Wildman–Crippen MR) is 138 cm³/mol. The van der Waals surface area contributed by atoms with Crippen molar-refractivity contribution in [2.75, 3.05) is 40.0 Å². The second-order valence-corrected chi connectivity index (χ2v) is 9.85. The van der Waals surface area contributed by atoms with Gasteiger partial charge in [0.25, 0.3) is 16.8 Å². The first kappa shape index (κ1) is 26.6. The quantitative estimate of drug-likeness (QED) is 0.255. The second-order valence-electron chi connectivity index (χ2n) is 8.00. The smallest absolute Gasteiger partial charge is 0.294 e. The summed E-state index contributed by atoms with van der Waals surface area (Å²) in [5.41, 5.74) is 1.13. The van der Waals surface area contributed by atoms with Crippen molar-refractivity contribution in [1.29, 1.82) is 0 Å². The van der Waals surface area contributed by atoms with Crippen molar-refractivity contribution >= 4 is 56.5 Å². The summed E-state index contributed by atoms with van der Waals surface area (Å²) in [5, 5.41) is 10.5. The molecule has 4 rings (SSSR count). The van der Waals surface area contributed by atoms with E-state index in [4.69, 9.17) is 14.2 Å². The number of halogens is 1. The number of nitrogens with zero attached hydrogens (tertiary/aromatic N) is 3. The maximum Gasteiger partial charge on any atom is 0.294 e. The fourth-order valence-corrected chi connectivity index (χ4v) is 4.95. The van der Waals surface area contributed by atoms with Crippen molar-refractivity contribution in [3.05, 3.63) is 67.0 Å². The molecule has 11 nitrogen and oxygen atoms in total. The number of thioether (sulfide) groups is 1. The van der Waals surface area contributed by atoms with Gasteiger partial charge in [-0.2, -0.15) is 0 Å². The summed E-state index contributed by atoms with van der Waals surface area (Å²) < 4.78 is 17.1. The van der Waals surface area contributed by atoms with Gasteiger partial charge in [0.1, 0.15) is 13.2 Å². The molecule has 0 atom stereocenters. The minimum absolute atomic E-state index is 0.0369. The average Bonchev–Trinajstić information content (AvgIpc) is 3.16. The molecule has 0 radical (unpaired) electrons. The number of non-ortho nitro benzene ring substituents is 1. The van der Waals surface area contributed by atoms with Crippen LogP contribution in [-0.4, -0.2) is 71.7 Å². The first-order valence-electron chi connectivity index (χ1n) is 11.1. The summed E-state index contributed by atoms with van der Waals surface area (Å²) in [4.78, 5) is 51.1. The molecule has 0 aromatic heterocycles. The highest BCUT2D eigenvalue weighted by Gasteiger charge is 2.37. The van der Waals surface area contributed by atoms with Crippen LogP contribution in [0.1, 0.15) is 11.1 Å². The lowest BCUT2D eigenvalue weighted by Gasteiger charge is -2.28. The first-order chi connectivity index (χ1) is 17.8. The van der Waals surface area contributed by atoms with Crippen LogP contribution in [0.2, 0.25) is 0 Å². The van der Waals surface area contributed by atoms with E-state index in [0.29, 0.717) is 53.4 Å². The van der Waals surface area contributed by atoms with Gasteiger partial charge in [-0.3, -0.25) is 29.4 Å². The van der Waals surface area contributed by atoms with Gasteiger partial charge in [-0.1, -0.05) is 28.1 Å². The van der Waals surface area contributed by atoms with Crippen molar-refractivity contribution in [3.63, 3.8) is 0 Å². The molecule has 0 N–H and O–H groups in total. The highest BCUT2D eigenvalue weighted by molar-refractivity contribution is 9.10. The zero-order valence-electron chi connectivity index (χ0n) is 19.7. The highest BCUT2D eigenvalue weighted by atomic mass is 79.9. The number of nitro groups is 1. The lowest BCUT2D eigenvalue weighted by molar-refractivity contribution is -0.384. The summed E-state index contributed by atoms with van der Waals surface area (Å²) in [6, 6.07) is 9.40. The zero-order valence-corrected chi connectivity index (χ0v) is 22.1. The predicted octanol–water partition coefficient (Wildman–Crippen LogP) is 3.84. The van der Waals surface area contributed by atoms with E-state index in [9.17, 15) is 24.5 Å². The van der Waals surface area contributed by atoms with Crippen LogP contribution in [0, 0.1) is 10.1 Å². The molecule has 2 saturated heterocycles. The summed E-state index contributed by atoms with van der Waals surface area (Å²) in [7, 11) is 1.46. The van der Waals surface area contributed by atoms with Gasteiger partial charge in [0.15, 0.2) is 11.5 Å². The lowest BCUT2D eigenvalue weighted by atomic mass is 10.1. The van der Waals surface area contributed by atoms with Gasteiger partial charge >= 0.3 is 0 Å². The van der Waals surface area contributed by atoms with Crippen LogP contribution in [0.3, 0.4) is 0 Å². The van der Waals surface area contributed by atoms with Crippen molar-refractivity contribution < 1.29 is 33.5 Å². The van der Waals surface area contributed by atoms with Crippen LogP contribution in [-0.2, 0) is 20.9 Å². The number of carbonyl (C=O) groups is 3. The molecule has 0 saturated carbocycles. The summed E-state index contributed by atoms with van der Waals surface area (Å²) >= 11 is 4.21. The maximum absolute atomic E-state index is 12.9. The molecular formula is C24H22BrN3O8S. The Bertz CT molecular complexity index is 1280. The van der Waals surface area contributed by atoms with Crippen LogP contribution in [0.4, 0.5) is 10.5 Å². The van der Waals surface area contributed by atoms with Crippen LogP contribution in [0.15, 0.2) is 45.8 Å². The average molecular weight is 592 g/mol. The van der Waals surface area contributed by atoms with Crippen LogP contribution < -0.4 is 9.47 Å². The second kappa shape index (κ2) is 11.8. The van der Waals surface area contributed by atoms with E-state index in [1.54, 1.807) is 35.2 Å². The van der Waals surface area contributed by atoms with Gasteiger partial charge in [0, 0.05) is 29.7 Å². The van der Waals surface area contributed by atoms with Gasteiger partial charge in [-0.05, 0) is 41.1 Å². The highest BCUT2D eigenvalue weighted by Crippen LogP contribution is 2.38. The van der Waals surface area contributed by atoms with Crippen LogP contribution in [0.25, 0.3) is 6.08 Å². The molecule has 2 aliphatic rings. The molecule has 3 amide bonds. The van der Waals surface area contributed by atoms with Gasteiger partial charge in [-0.25, -0.2) is 0 Å². The van der Waals surface area contributed by atoms with E-state index in [1.165, 1.54) is 19.2 Å². The Kier molecular flexibility index (Phi) is 8.46. The fourth-order valence-electron chi connectivity index (χ4n) is 3.68. The van der Waals surface area contributed by atoms with E-state index in [0.717, 1.165) is 16.7 Å². The minimum Gasteiger partial charge on any atom is -0.493 e. The summed E-state index contributed by atoms with van der Waals surface area (Å²) in [6.07, 6.45) is 1.54. The maximum atomic E-state index is 12.9. The molecule has 0 spiro atoms. The Morgan fingerprint density at radius 3 is 2.68 bits per heavy atom. The first-order valence-corrected chi connectivity index (χ1v) is 12.7. The molecule has 0 unspecified atom stereocenters. The lowest BCUT2D eigenvalue weighted by Crippen LogP contribution is -2.46. The molecule has 2 fully saturated rings. The van der Waals surface area contributed by atoms with E-state index in [1.807, 2.05) is 0 Å². The number of hydrogen-bond donors (Lipinski definition) is 0. The minimum atomic E-state index is -0.548. The Labute approximate surface area is 224 Å². The number of ether oxygens (including phenoxy) is 3. The topological polar surface area (TPSA) is 129 Å². The number of carbonyl (C=O) groups excluding carboxylic acids is 3. The third-order valence-electron chi connectivity index (χ3n) is 5.62. The third-order valence-corrected chi connectivity index (χ3v) is 7.21. The Morgan fingerprint density at radius 1 is 1.22 bits per heavy atom. The van der Waals surface area contributed by atoms with Gasteiger partial charge in [0.05, 0.1) is 30.2 Å². The van der Waals surface area contributed by atoms with Gasteiger partial charge < -0.3 is 19.1 Å². The van der Waals surface area contributed by atoms with Gasteiger partial charge in [0.2, 0.25) is 5.91 Å². The standard InChI is InChI=1S/C24H22BrN3O8S/c1-34-19-10-16(18(25)12-20(19)36-14-15-3-2-4-17(9-15)28(32)33)11-21-23(30)27(24(31)37-21)13-22(29)26-5-7-35-8-6-26/h2-4,9-12H,5-8,13-14H2,1H3/b21-11+. The van der Waals surface area contributed by atoms with E-state index >= 15 is 0 Å². The number of nitro benzene ring substituents is 1. The number of amides is 3. The molecule has 13 heteroatoms. The van der Waals surface area contributed by atoms with Crippen molar-refractivity contribution in [3.8, 4) is 11.5 Å².